The van der Waals surface area contributed by atoms with Crippen molar-refractivity contribution < 1.29 is 0 Å². The molecule has 0 aliphatic heterocycles. The topological polar surface area (TPSA) is 3.24 Å². The maximum absolute atomic E-state index is 6.10. The maximum Gasteiger partial charge on any atom is 0.0453 e. The van der Waals surface area contributed by atoms with Crippen molar-refractivity contribution in [2.75, 3.05) is 19.5 Å². The highest BCUT2D eigenvalue weighted by Crippen LogP contribution is 2.25. The molecule has 0 saturated carbocycles. The van der Waals surface area contributed by atoms with Crippen LogP contribution in [0.15, 0.2) is 24.3 Å². The molecule has 1 atom stereocenters. The van der Waals surface area contributed by atoms with Crippen molar-refractivity contribution >= 4 is 23.2 Å². The Hall–Kier alpha value is -0.240. The number of halogens is 2. The van der Waals surface area contributed by atoms with E-state index in [-0.39, 0.29) is 0 Å². The van der Waals surface area contributed by atoms with Gasteiger partial charge < -0.3 is 0 Å². The molecule has 0 radical (unpaired) electrons. The summed E-state index contributed by atoms with van der Waals surface area (Å²) >= 11 is 11.8. The highest BCUT2D eigenvalue weighted by Gasteiger charge is 2.13. The number of benzene rings is 1. The number of hydrogen-bond acceptors (Lipinski definition) is 1. The van der Waals surface area contributed by atoms with Crippen molar-refractivity contribution in [2.24, 2.45) is 0 Å². The zero-order chi connectivity index (χ0) is 10.6. The molecule has 1 aromatic carbocycles. The first-order chi connectivity index (χ1) is 6.66. The van der Waals surface area contributed by atoms with E-state index in [4.69, 9.17) is 23.2 Å². The Morgan fingerprint density at radius 2 is 2.00 bits per heavy atom. The summed E-state index contributed by atoms with van der Waals surface area (Å²) in [6, 6.07) is 8.23. The zero-order valence-corrected chi connectivity index (χ0v) is 10.0. The van der Waals surface area contributed by atoms with E-state index in [0.29, 0.717) is 11.9 Å². The Labute approximate surface area is 95.6 Å². The van der Waals surface area contributed by atoms with Gasteiger partial charge in [0, 0.05) is 23.5 Å². The van der Waals surface area contributed by atoms with Gasteiger partial charge >= 0.3 is 0 Å². The largest absolute Gasteiger partial charge is 0.298 e. The van der Waals surface area contributed by atoms with Crippen LogP contribution < -0.4 is 0 Å². The average molecular weight is 232 g/mol. The first-order valence-electron chi connectivity index (χ1n) is 4.67. The summed E-state index contributed by atoms with van der Waals surface area (Å²) in [6.45, 7) is 3.00. The van der Waals surface area contributed by atoms with Crippen molar-refractivity contribution in [3.8, 4) is 0 Å². The van der Waals surface area contributed by atoms with Crippen molar-refractivity contribution in [3.05, 3.63) is 34.9 Å². The summed E-state index contributed by atoms with van der Waals surface area (Å²) in [6.07, 6.45) is 0. The Balaban J connectivity index is 2.78. The molecule has 0 saturated heterocycles. The lowest BCUT2D eigenvalue weighted by atomic mass is 10.1. The Morgan fingerprint density at radius 1 is 1.36 bits per heavy atom. The fraction of sp³-hybridized carbons (Fsp3) is 0.455. The molecule has 0 aromatic heterocycles. The quantitative estimate of drug-likeness (QED) is 0.717. The third-order valence-corrected chi connectivity index (χ3v) is 2.97. The van der Waals surface area contributed by atoms with Crippen LogP contribution in [-0.4, -0.2) is 24.4 Å². The van der Waals surface area contributed by atoms with Crippen LogP contribution in [0.4, 0.5) is 0 Å². The number of rotatable bonds is 4. The first-order valence-corrected chi connectivity index (χ1v) is 5.58. The summed E-state index contributed by atoms with van der Waals surface area (Å²) in [5.41, 5.74) is 1.15. The summed E-state index contributed by atoms with van der Waals surface area (Å²) in [5, 5.41) is 0.821. The minimum absolute atomic E-state index is 0.308. The molecule has 0 aliphatic rings. The van der Waals surface area contributed by atoms with Crippen LogP contribution in [0.3, 0.4) is 0 Å². The maximum atomic E-state index is 6.10. The summed E-state index contributed by atoms with van der Waals surface area (Å²) in [4.78, 5) is 2.19. The van der Waals surface area contributed by atoms with E-state index < -0.39 is 0 Å². The molecule has 3 heteroatoms. The predicted molar refractivity (Wildman–Crippen MR) is 63.2 cm³/mol. The number of alkyl halides is 1. The molecule has 1 aromatic rings. The van der Waals surface area contributed by atoms with Gasteiger partial charge in [0.2, 0.25) is 0 Å². The van der Waals surface area contributed by atoms with Crippen LogP contribution in [0.1, 0.15) is 18.5 Å². The summed E-state index contributed by atoms with van der Waals surface area (Å²) in [5.74, 6) is 0.644. The molecular formula is C11H15Cl2N. The van der Waals surface area contributed by atoms with Crippen molar-refractivity contribution in [3.63, 3.8) is 0 Å². The smallest absolute Gasteiger partial charge is 0.0453 e. The zero-order valence-electron chi connectivity index (χ0n) is 8.50. The van der Waals surface area contributed by atoms with Crippen molar-refractivity contribution in [2.45, 2.75) is 13.0 Å². The average Bonchev–Trinajstić information content (AvgIpc) is 2.18. The molecule has 0 aliphatic carbocycles. The molecule has 0 heterocycles. The van der Waals surface area contributed by atoms with Gasteiger partial charge in [-0.1, -0.05) is 29.8 Å². The SMILES string of the molecule is CC(c1ccccc1Cl)N(C)CCCl. The molecule has 0 amide bonds. The fourth-order valence-corrected chi connectivity index (χ4v) is 1.94. The van der Waals surface area contributed by atoms with Crippen molar-refractivity contribution in [1.82, 2.24) is 4.90 Å². The molecule has 1 nitrogen and oxygen atoms in total. The molecule has 0 bridgehead atoms. The standard InChI is InChI=1S/C11H15Cl2N/c1-9(14(2)8-7-12)10-5-3-4-6-11(10)13/h3-6,9H,7-8H2,1-2H3. The molecular weight excluding hydrogens is 217 g/mol. The lowest BCUT2D eigenvalue weighted by Gasteiger charge is -2.24. The van der Waals surface area contributed by atoms with Crippen LogP contribution in [0, 0.1) is 0 Å². The van der Waals surface area contributed by atoms with Crippen LogP contribution in [0.2, 0.25) is 5.02 Å². The molecule has 0 fully saturated rings. The second-order valence-electron chi connectivity index (χ2n) is 3.37. The second-order valence-corrected chi connectivity index (χ2v) is 4.15. The Bertz CT molecular complexity index is 288. The van der Waals surface area contributed by atoms with Crippen LogP contribution >= 0.6 is 23.2 Å². The van der Waals surface area contributed by atoms with Crippen LogP contribution in [-0.2, 0) is 0 Å². The Kier molecular flexibility index (Phi) is 4.73. The van der Waals surface area contributed by atoms with Gasteiger partial charge in [-0.05, 0) is 25.6 Å². The predicted octanol–water partition coefficient (Wildman–Crippen LogP) is 3.57. The van der Waals surface area contributed by atoms with E-state index in [1.807, 2.05) is 18.2 Å². The highest BCUT2D eigenvalue weighted by atomic mass is 35.5. The van der Waals surface area contributed by atoms with Gasteiger partial charge in [0.25, 0.3) is 0 Å². The van der Waals surface area contributed by atoms with Gasteiger partial charge in [-0.15, -0.1) is 11.6 Å². The lowest BCUT2D eigenvalue weighted by molar-refractivity contribution is 0.277. The van der Waals surface area contributed by atoms with E-state index in [1.54, 1.807) is 0 Å². The fourth-order valence-electron chi connectivity index (χ4n) is 1.38. The molecule has 0 spiro atoms. The van der Waals surface area contributed by atoms with Gasteiger partial charge in [0.15, 0.2) is 0 Å². The lowest BCUT2D eigenvalue weighted by Crippen LogP contribution is -2.24. The van der Waals surface area contributed by atoms with Crippen LogP contribution in [0.5, 0.6) is 0 Å². The molecule has 1 rings (SSSR count). The third kappa shape index (κ3) is 2.88. The Morgan fingerprint density at radius 3 is 2.57 bits per heavy atom. The van der Waals surface area contributed by atoms with E-state index in [2.05, 4.69) is 24.9 Å². The molecule has 78 valence electrons. The normalized spacial score (nSPS) is 13.2. The second kappa shape index (κ2) is 5.59. The van der Waals surface area contributed by atoms with Gasteiger partial charge in [0.1, 0.15) is 0 Å². The first kappa shape index (κ1) is 11.8. The summed E-state index contributed by atoms with van der Waals surface area (Å²) in [7, 11) is 2.05. The number of hydrogen-bond donors (Lipinski definition) is 0. The molecule has 1 unspecified atom stereocenters. The monoisotopic (exact) mass is 231 g/mol. The van der Waals surface area contributed by atoms with Gasteiger partial charge in [-0.3, -0.25) is 4.90 Å². The van der Waals surface area contributed by atoms with E-state index in [0.717, 1.165) is 17.1 Å². The van der Waals surface area contributed by atoms with Gasteiger partial charge in [-0.2, -0.15) is 0 Å². The van der Waals surface area contributed by atoms with Crippen molar-refractivity contribution in [1.29, 1.82) is 0 Å². The third-order valence-electron chi connectivity index (χ3n) is 2.45. The number of nitrogens with zero attached hydrogens (tertiary/aromatic N) is 1. The van der Waals surface area contributed by atoms with E-state index in [9.17, 15) is 0 Å². The summed E-state index contributed by atoms with van der Waals surface area (Å²) < 4.78 is 0. The minimum atomic E-state index is 0.308. The molecule has 0 N–H and O–H groups in total. The van der Waals surface area contributed by atoms with E-state index >= 15 is 0 Å². The van der Waals surface area contributed by atoms with E-state index in [1.165, 1.54) is 0 Å². The van der Waals surface area contributed by atoms with Gasteiger partial charge in [0.05, 0.1) is 0 Å². The van der Waals surface area contributed by atoms with Gasteiger partial charge in [-0.25, -0.2) is 0 Å². The highest BCUT2D eigenvalue weighted by molar-refractivity contribution is 6.31. The van der Waals surface area contributed by atoms with Crippen LogP contribution in [0.25, 0.3) is 0 Å². The minimum Gasteiger partial charge on any atom is -0.298 e. The molecule has 14 heavy (non-hydrogen) atoms.